The molecule has 0 saturated carbocycles. The largest absolute Gasteiger partial charge is 0.478 e. The van der Waals surface area contributed by atoms with Gasteiger partial charge in [-0.2, -0.15) is 0 Å². The Kier molecular flexibility index (Phi) is 5.66. The number of anilines is 1. The molecule has 0 spiro atoms. The number of carbonyl (C=O) groups is 2. The van der Waals surface area contributed by atoms with Crippen LogP contribution in [0.5, 0.6) is 0 Å². The third-order valence-electron chi connectivity index (χ3n) is 2.85. The maximum atomic E-state index is 11.9. The van der Waals surface area contributed by atoms with Crippen molar-refractivity contribution in [3.8, 4) is 0 Å². The molecule has 2 N–H and O–H groups in total. The van der Waals surface area contributed by atoms with Gasteiger partial charge in [0.1, 0.15) is 0 Å². The van der Waals surface area contributed by atoms with E-state index in [1.807, 2.05) is 0 Å². The van der Waals surface area contributed by atoms with E-state index in [2.05, 4.69) is 5.32 Å². The first-order valence-corrected chi connectivity index (χ1v) is 7.47. The summed E-state index contributed by atoms with van der Waals surface area (Å²) in [6, 6.07) is 8.98. The van der Waals surface area contributed by atoms with Crippen LogP contribution in [0, 0.1) is 0 Å². The Bertz CT molecular complexity index is 803. The Labute approximate surface area is 147 Å². The predicted molar refractivity (Wildman–Crippen MR) is 92.5 cm³/mol. The summed E-state index contributed by atoms with van der Waals surface area (Å²) in [5, 5.41) is 12.8. The number of hydrogen-bond acceptors (Lipinski definition) is 2. The SMILES string of the molecule is O=C(/C=C/c1ccc(Cl)cc1Cl)Nc1cc(Cl)ccc1C(=O)O. The molecule has 7 heteroatoms. The molecule has 1 amide bonds. The molecule has 0 unspecified atom stereocenters. The standard InChI is InChI=1S/C16H10Cl3NO3/c17-10-3-1-9(13(19)7-10)2-6-15(21)20-14-8-11(18)4-5-12(14)16(22)23/h1-8H,(H,20,21)(H,22,23)/b6-2+. The minimum Gasteiger partial charge on any atom is -0.478 e. The van der Waals surface area contributed by atoms with Gasteiger partial charge in [0.05, 0.1) is 11.3 Å². The highest BCUT2D eigenvalue weighted by Gasteiger charge is 2.12. The van der Waals surface area contributed by atoms with Crippen LogP contribution in [0.25, 0.3) is 6.08 Å². The number of nitrogens with one attached hydrogen (secondary N) is 1. The molecule has 0 bridgehead atoms. The van der Waals surface area contributed by atoms with Gasteiger partial charge in [0.15, 0.2) is 0 Å². The predicted octanol–water partition coefficient (Wildman–Crippen LogP) is 5.00. The number of carboxylic acid groups (broad SMARTS) is 1. The van der Waals surface area contributed by atoms with Gasteiger partial charge in [0, 0.05) is 21.1 Å². The Morgan fingerprint density at radius 1 is 1.00 bits per heavy atom. The van der Waals surface area contributed by atoms with E-state index in [1.165, 1.54) is 30.4 Å². The summed E-state index contributed by atoms with van der Waals surface area (Å²) in [4.78, 5) is 23.1. The number of halogens is 3. The molecule has 0 saturated heterocycles. The third kappa shape index (κ3) is 4.73. The molecule has 0 radical (unpaired) electrons. The molecular formula is C16H10Cl3NO3. The van der Waals surface area contributed by atoms with E-state index in [0.29, 0.717) is 20.6 Å². The molecule has 0 aliphatic carbocycles. The normalized spacial score (nSPS) is 10.7. The van der Waals surface area contributed by atoms with Crippen LogP contribution >= 0.6 is 34.8 Å². The lowest BCUT2D eigenvalue weighted by molar-refractivity contribution is -0.111. The number of amides is 1. The Hall–Kier alpha value is -2.01. The lowest BCUT2D eigenvalue weighted by atomic mass is 10.1. The fourth-order valence-electron chi connectivity index (χ4n) is 1.78. The molecule has 2 aromatic rings. The van der Waals surface area contributed by atoms with Crippen molar-refractivity contribution in [1.29, 1.82) is 0 Å². The summed E-state index contributed by atoms with van der Waals surface area (Å²) in [7, 11) is 0. The van der Waals surface area contributed by atoms with E-state index in [-0.39, 0.29) is 11.3 Å². The number of hydrogen-bond donors (Lipinski definition) is 2. The lowest BCUT2D eigenvalue weighted by Gasteiger charge is -2.07. The van der Waals surface area contributed by atoms with Crippen molar-refractivity contribution in [3.63, 3.8) is 0 Å². The van der Waals surface area contributed by atoms with Crippen LogP contribution in [0.3, 0.4) is 0 Å². The molecule has 0 aromatic heterocycles. The summed E-state index contributed by atoms with van der Waals surface area (Å²) in [5.74, 6) is -1.68. The third-order valence-corrected chi connectivity index (χ3v) is 3.64. The van der Waals surface area contributed by atoms with Crippen LogP contribution in [0.4, 0.5) is 5.69 Å². The summed E-state index contributed by atoms with van der Waals surface area (Å²) in [6.45, 7) is 0. The maximum Gasteiger partial charge on any atom is 0.337 e. The monoisotopic (exact) mass is 369 g/mol. The molecule has 118 valence electrons. The highest BCUT2D eigenvalue weighted by atomic mass is 35.5. The quantitative estimate of drug-likeness (QED) is 0.745. The van der Waals surface area contributed by atoms with E-state index in [9.17, 15) is 9.59 Å². The van der Waals surface area contributed by atoms with Crippen LogP contribution in [-0.4, -0.2) is 17.0 Å². The van der Waals surface area contributed by atoms with Crippen LogP contribution < -0.4 is 5.32 Å². The molecule has 0 fully saturated rings. The van der Waals surface area contributed by atoms with Crippen LogP contribution in [0.1, 0.15) is 15.9 Å². The zero-order valence-corrected chi connectivity index (χ0v) is 13.8. The number of benzene rings is 2. The first-order chi connectivity index (χ1) is 10.9. The molecule has 23 heavy (non-hydrogen) atoms. The van der Waals surface area contributed by atoms with Gasteiger partial charge in [-0.15, -0.1) is 0 Å². The van der Waals surface area contributed by atoms with Gasteiger partial charge >= 0.3 is 5.97 Å². The van der Waals surface area contributed by atoms with E-state index >= 15 is 0 Å². The number of aromatic carboxylic acids is 1. The highest BCUT2D eigenvalue weighted by molar-refractivity contribution is 6.35. The fraction of sp³-hybridized carbons (Fsp3) is 0. The molecular weight excluding hydrogens is 361 g/mol. The molecule has 0 heterocycles. The zero-order chi connectivity index (χ0) is 17.0. The van der Waals surface area contributed by atoms with E-state index < -0.39 is 11.9 Å². The van der Waals surface area contributed by atoms with Gasteiger partial charge in [0.2, 0.25) is 5.91 Å². The van der Waals surface area contributed by atoms with Crippen LogP contribution in [-0.2, 0) is 4.79 Å². The smallest absolute Gasteiger partial charge is 0.337 e. The van der Waals surface area contributed by atoms with Crippen molar-refractivity contribution in [2.24, 2.45) is 0 Å². The molecule has 0 aliphatic rings. The number of carbonyl (C=O) groups excluding carboxylic acids is 1. The van der Waals surface area contributed by atoms with Crippen molar-refractivity contribution in [2.75, 3.05) is 5.32 Å². The summed E-state index contributed by atoms with van der Waals surface area (Å²) in [6.07, 6.45) is 2.74. The second-order valence-electron chi connectivity index (χ2n) is 4.48. The molecule has 4 nitrogen and oxygen atoms in total. The minimum atomic E-state index is -1.17. The molecule has 0 atom stereocenters. The summed E-state index contributed by atoms with van der Waals surface area (Å²) < 4.78 is 0. The van der Waals surface area contributed by atoms with Crippen molar-refractivity contribution >= 4 is 58.4 Å². The van der Waals surface area contributed by atoms with Gasteiger partial charge in [-0.3, -0.25) is 4.79 Å². The van der Waals surface area contributed by atoms with E-state index in [1.54, 1.807) is 18.2 Å². The zero-order valence-electron chi connectivity index (χ0n) is 11.5. The van der Waals surface area contributed by atoms with Crippen LogP contribution in [0.15, 0.2) is 42.5 Å². The Balaban J connectivity index is 2.18. The van der Waals surface area contributed by atoms with Crippen molar-refractivity contribution in [1.82, 2.24) is 0 Å². The summed E-state index contributed by atoms with van der Waals surface area (Å²) in [5.41, 5.74) is 0.665. The second kappa shape index (κ2) is 7.51. The number of rotatable bonds is 4. The Morgan fingerprint density at radius 3 is 2.30 bits per heavy atom. The van der Waals surface area contributed by atoms with Crippen molar-refractivity contribution < 1.29 is 14.7 Å². The van der Waals surface area contributed by atoms with Crippen molar-refractivity contribution in [3.05, 3.63) is 68.7 Å². The fourth-order valence-corrected chi connectivity index (χ4v) is 2.43. The lowest BCUT2D eigenvalue weighted by Crippen LogP contribution is -2.12. The highest BCUT2D eigenvalue weighted by Crippen LogP contribution is 2.23. The van der Waals surface area contributed by atoms with E-state index in [0.717, 1.165) is 0 Å². The van der Waals surface area contributed by atoms with E-state index in [4.69, 9.17) is 39.9 Å². The van der Waals surface area contributed by atoms with Gasteiger partial charge in [0.25, 0.3) is 0 Å². The average molecular weight is 371 g/mol. The maximum absolute atomic E-state index is 11.9. The minimum absolute atomic E-state index is 0.0549. The van der Waals surface area contributed by atoms with Gasteiger partial charge < -0.3 is 10.4 Å². The first-order valence-electron chi connectivity index (χ1n) is 6.34. The summed E-state index contributed by atoms with van der Waals surface area (Å²) >= 11 is 17.6. The Morgan fingerprint density at radius 2 is 1.65 bits per heavy atom. The molecule has 2 rings (SSSR count). The van der Waals surface area contributed by atoms with Crippen LogP contribution in [0.2, 0.25) is 15.1 Å². The second-order valence-corrected chi connectivity index (χ2v) is 5.76. The average Bonchev–Trinajstić information content (AvgIpc) is 2.46. The number of carboxylic acids is 1. The van der Waals surface area contributed by atoms with Gasteiger partial charge in [-0.1, -0.05) is 40.9 Å². The van der Waals surface area contributed by atoms with Gasteiger partial charge in [-0.25, -0.2) is 4.79 Å². The van der Waals surface area contributed by atoms with Gasteiger partial charge in [-0.05, 0) is 42.0 Å². The molecule has 2 aromatic carbocycles. The molecule has 0 aliphatic heterocycles. The van der Waals surface area contributed by atoms with Crippen molar-refractivity contribution in [2.45, 2.75) is 0 Å². The topological polar surface area (TPSA) is 66.4 Å². The first kappa shape index (κ1) is 17.3.